The number of rotatable bonds is 7. The molecule has 0 saturated carbocycles. The van der Waals surface area contributed by atoms with Crippen LogP contribution in [0, 0.1) is 6.92 Å². The molecule has 0 unspecified atom stereocenters. The summed E-state index contributed by atoms with van der Waals surface area (Å²) in [6.45, 7) is 7.07. The molecule has 1 aliphatic heterocycles. The summed E-state index contributed by atoms with van der Waals surface area (Å²) in [6.07, 6.45) is 0.676. The number of nitrogens with one attached hydrogen (secondary N) is 1. The summed E-state index contributed by atoms with van der Waals surface area (Å²) in [7, 11) is 5.20. The lowest BCUT2D eigenvalue weighted by molar-refractivity contribution is 0.171. The topological polar surface area (TPSA) is 88.2 Å². The molecule has 0 spiro atoms. The number of aliphatic imine (C=N–C) groups is 1. The van der Waals surface area contributed by atoms with Crippen molar-refractivity contribution in [3.05, 3.63) is 35.5 Å². The van der Waals surface area contributed by atoms with E-state index in [9.17, 15) is 0 Å². The zero-order valence-corrected chi connectivity index (χ0v) is 20.4. The molecule has 0 aliphatic carbocycles. The monoisotopic (exact) mass is 530 g/mol. The Labute approximate surface area is 194 Å². The molecule has 1 N–H and O–H groups in total. The minimum Gasteiger partial charge on any atom is -0.497 e. The van der Waals surface area contributed by atoms with E-state index in [2.05, 4.69) is 30.2 Å². The van der Waals surface area contributed by atoms with Gasteiger partial charge in [0.15, 0.2) is 11.8 Å². The van der Waals surface area contributed by atoms with Gasteiger partial charge in [-0.2, -0.15) is 4.98 Å². The lowest BCUT2D eigenvalue weighted by Crippen LogP contribution is -2.52. The van der Waals surface area contributed by atoms with E-state index in [1.807, 2.05) is 32.2 Å². The Morgan fingerprint density at radius 3 is 2.57 bits per heavy atom. The Kier molecular flexibility index (Phi) is 9.63. The van der Waals surface area contributed by atoms with Gasteiger partial charge < -0.3 is 24.2 Å². The van der Waals surface area contributed by atoms with Crippen molar-refractivity contribution in [3.63, 3.8) is 0 Å². The fourth-order valence-corrected chi connectivity index (χ4v) is 3.42. The molecule has 0 radical (unpaired) electrons. The van der Waals surface area contributed by atoms with Gasteiger partial charge in [0.1, 0.15) is 11.5 Å². The minimum absolute atomic E-state index is 0. The van der Waals surface area contributed by atoms with E-state index in [-0.39, 0.29) is 24.0 Å². The highest BCUT2D eigenvalue weighted by atomic mass is 127. The van der Waals surface area contributed by atoms with Crippen molar-refractivity contribution in [2.45, 2.75) is 19.9 Å². The van der Waals surface area contributed by atoms with Crippen molar-refractivity contribution in [1.29, 1.82) is 0 Å². The molecule has 1 aliphatic rings. The summed E-state index contributed by atoms with van der Waals surface area (Å²) < 4.78 is 16.0. The van der Waals surface area contributed by atoms with Crippen molar-refractivity contribution < 1.29 is 14.0 Å². The maximum absolute atomic E-state index is 5.51. The maximum Gasteiger partial charge on any atom is 0.228 e. The number of aromatic nitrogens is 2. The first-order chi connectivity index (χ1) is 14.1. The highest BCUT2D eigenvalue weighted by molar-refractivity contribution is 14.0. The van der Waals surface area contributed by atoms with Gasteiger partial charge in [0, 0.05) is 58.3 Å². The number of benzene rings is 1. The van der Waals surface area contributed by atoms with Crippen LogP contribution in [0.3, 0.4) is 0 Å². The van der Waals surface area contributed by atoms with Crippen LogP contribution in [0.2, 0.25) is 0 Å². The van der Waals surface area contributed by atoms with E-state index in [1.165, 1.54) is 0 Å². The van der Waals surface area contributed by atoms with Crippen molar-refractivity contribution in [1.82, 2.24) is 25.3 Å². The molecule has 1 fully saturated rings. The lowest BCUT2D eigenvalue weighted by Gasteiger charge is -2.36. The molecule has 1 saturated heterocycles. The third-order valence-electron chi connectivity index (χ3n) is 4.96. The van der Waals surface area contributed by atoms with Crippen LogP contribution in [0.4, 0.5) is 0 Å². The molecule has 10 heteroatoms. The summed E-state index contributed by atoms with van der Waals surface area (Å²) >= 11 is 0. The van der Waals surface area contributed by atoms with E-state index in [0.717, 1.165) is 55.7 Å². The molecule has 1 aromatic carbocycles. The van der Waals surface area contributed by atoms with Gasteiger partial charge in [-0.25, -0.2) is 0 Å². The number of hydrogen-bond acceptors (Lipinski definition) is 7. The van der Waals surface area contributed by atoms with Gasteiger partial charge in [-0.3, -0.25) is 9.89 Å². The normalized spacial score (nSPS) is 14.9. The third-order valence-corrected chi connectivity index (χ3v) is 4.96. The fourth-order valence-electron chi connectivity index (χ4n) is 3.42. The largest absolute Gasteiger partial charge is 0.497 e. The Morgan fingerprint density at radius 1 is 1.20 bits per heavy atom. The molecule has 2 heterocycles. The van der Waals surface area contributed by atoms with Crippen LogP contribution >= 0.6 is 24.0 Å². The second kappa shape index (κ2) is 11.9. The van der Waals surface area contributed by atoms with Crippen LogP contribution in [0.25, 0.3) is 0 Å². The highest BCUT2D eigenvalue weighted by Crippen LogP contribution is 2.25. The zero-order valence-electron chi connectivity index (χ0n) is 18.1. The molecule has 2 aromatic rings. The molecule has 1 aromatic heterocycles. The van der Waals surface area contributed by atoms with Crippen LogP contribution in [0.15, 0.2) is 27.7 Å². The molecule has 30 heavy (non-hydrogen) atoms. The smallest absolute Gasteiger partial charge is 0.228 e. The molecular formula is C20H31IN6O3. The second-order valence-corrected chi connectivity index (χ2v) is 6.90. The molecular weight excluding hydrogens is 499 g/mol. The van der Waals surface area contributed by atoms with Crippen LogP contribution in [-0.4, -0.2) is 79.9 Å². The Balaban J connectivity index is 0.00000320. The summed E-state index contributed by atoms with van der Waals surface area (Å²) in [6, 6.07) is 5.93. The van der Waals surface area contributed by atoms with Gasteiger partial charge in [0.05, 0.1) is 14.2 Å². The summed E-state index contributed by atoms with van der Waals surface area (Å²) in [5.74, 6) is 3.94. The molecule has 0 amide bonds. The lowest BCUT2D eigenvalue weighted by atomic mass is 10.1. The average Bonchev–Trinajstić information content (AvgIpc) is 3.17. The van der Waals surface area contributed by atoms with Crippen LogP contribution in [-0.2, 0) is 13.0 Å². The zero-order chi connectivity index (χ0) is 20.6. The van der Waals surface area contributed by atoms with Gasteiger partial charge in [-0.15, -0.1) is 24.0 Å². The molecule has 166 valence electrons. The Hall–Kier alpha value is -2.08. The van der Waals surface area contributed by atoms with Crippen LogP contribution in [0.5, 0.6) is 11.5 Å². The van der Waals surface area contributed by atoms with Gasteiger partial charge in [-0.05, 0) is 25.1 Å². The second-order valence-electron chi connectivity index (χ2n) is 6.90. The minimum atomic E-state index is 0. The van der Waals surface area contributed by atoms with E-state index in [0.29, 0.717) is 24.7 Å². The highest BCUT2D eigenvalue weighted by Gasteiger charge is 2.21. The average molecular weight is 530 g/mol. The molecule has 9 nitrogen and oxygen atoms in total. The standard InChI is InChI=1S/C20H30N6O3.HI/c1-15-23-19(29-24-15)7-8-22-20(21-2)26-11-9-25(10-12-26)14-16-13-17(27-3)5-6-18(16)28-4;/h5-6,13H,7-12,14H2,1-4H3,(H,21,22);1H. The van der Waals surface area contributed by atoms with E-state index in [1.54, 1.807) is 14.2 Å². The number of aryl methyl sites for hydroxylation is 1. The van der Waals surface area contributed by atoms with Gasteiger partial charge in [-0.1, -0.05) is 5.16 Å². The van der Waals surface area contributed by atoms with E-state index >= 15 is 0 Å². The fraction of sp³-hybridized carbons (Fsp3) is 0.550. The van der Waals surface area contributed by atoms with Crippen LogP contribution < -0.4 is 14.8 Å². The van der Waals surface area contributed by atoms with Gasteiger partial charge in [0.25, 0.3) is 0 Å². The SMILES string of the molecule is CN=C(NCCc1nc(C)no1)N1CCN(Cc2cc(OC)ccc2OC)CC1.I. The molecule has 0 bridgehead atoms. The quantitative estimate of drug-likeness (QED) is 0.330. The summed E-state index contributed by atoms with van der Waals surface area (Å²) in [5.41, 5.74) is 1.14. The number of guanidine groups is 1. The predicted octanol–water partition coefficient (Wildman–Crippen LogP) is 1.95. The summed E-state index contributed by atoms with van der Waals surface area (Å²) in [4.78, 5) is 13.3. The molecule has 0 atom stereocenters. The van der Waals surface area contributed by atoms with E-state index < -0.39 is 0 Å². The number of hydrogen-bond donors (Lipinski definition) is 1. The molecule has 3 rings (SSSR count). The number of ether oxygens (including phenoxy) is 2. The van der Waals surface area contributed by atoms with Gasteiger partial charge >= 0.3 is 0 Å². The first-order valence-corrected chi connectivity index (χ1v) is 9.81. The third kappa shape index (κ3) is 6.46. The number of nitrogens with zero attached hydrogens (tertiary/aromatic N) is 5. The number of methoxy groups -OCH3 is 2. The Bertz CT molecular complexity index is 821. The van der Waals surface area contributed by atoms with Crippen molar-refractivity contribution in [3.8, 4) is 11.5 Å². The number of piperazine rings is 1. The van der Waals surface area contributed by atoms with Crippen molar-refractivity contribution in [2.75, 3.05) is 54.0 Å². The van der Waals surface area contributed by atoms with Gasteiger partial charge in [0.2, 0.25) is 5.89 Å². The van der Waals surface area contributed by atoms with Crippen molar-refractivity contribution >= 4 is 29.9 Å². The first kappa shape index (κ1) is 24.2. The van der Waals surface area contributed by atoms with E-state index in [4.69, 9.17) is 14.0 Å². The Morgan fingerprint density at radius 2 is 1.97 bits per heavy atom. The maximum atomic E-state index is 5.51. The summed E-state index contributed by atoms with van der Waals surface area (Å²) in [5, 5.41) is 7.20. The van der Waals surface area contributed by atoms with Crippen LogP contribution in [0.1, 0.15) is 17.3 Å². The van der Waals surface area contributed by atoms with Crippen molar-refractivity contribution in [2.24, 2.45) is 4.99 Å². The number of halogens is 1. The predicted molar refractivity (Wildman–Crippen MR) is 126 cm³/mol. The first-order valence-electron chi connectivity index (χ1n) is 9.81.